The Balaban J connectivity index is 1.61. The molecular weight excluding hydrogens is 254 g/mol. The molecule has 3 saturated carbocycles. The number of carboxylic acids is 1. The molecule has 2 N–H and O–H groups in total. The molecule has 3 aliphatic carbocycles. The van der Waals surface area contributed by atoms with Gasteiger partial charge >= 0.3 is 5.97 Å². The Morgan fingerprint density at radius 1 is 1.20 bits per heavy atom. The van der Waals surface area contributed by atoms with Gasteiger partial charge in [-0.15, -0.1) is 5.10 Å². The first-order chi connectivity index (χ1) is 9.58. The highest BCUT2D eigenvalue weighted by molar-refractivity contribution is 5.95. The number of aromatic nitrogens is 2. The zero-order chi connectivity index (χ0) is 14.0. The van der Waals surface area contributed by atoms with E-state index in [-0.39, 0.29) is 5.56 Å². The molecule has 0 spiro atoms. The van der Waals surface area contributed by atoms with E-state index in [1.54, 1.807) is 13.8 Å². The fourth-order valence-corrected chi connectivity index (χ4v) is 4.65. The van der Waals surface area contributed by atoms with Crippen LogP contribution in [0.25, 0.3) is 0 Å². The molecule has 4 atom stereocenters. The van der Waals surface area contributed by atoms with Gasteiger partial charge in [0.25, 0.3) is 0 Å². The van der Waals surface area contributed by atoms with Gasteiger partial charge in [0.1, 0.15) is 5.56 Å². The second kappa shape index (κ2) is 3.93. The number of aromatic carboxylic acids is 1. The van der Waals surface area contributed by atoms with E-state index in [0.717, 1.165) is 23.7 Å². The number of carboxylic acid groups (broad SMARTS) is 1. The van der Waals surface area contributed by atoms with E-state index in [2.05, 4.69) is 15.5 Å². The van der Waals surface area contributed by atoms with Crippen LogP contribution in [0.3, 0.4) is 0 Å². The number of carbonyl (C=O) groups is 1. The zero-order valence-electron chi connectivity index (χ0n) is 11.8. The van der Waals surface area contributed by atoms with Crippen LogP contribution in [0, 0.1) is 37.5 Å². The van der Waals surface area contributed by atoms with Crippen molar-refractivity contribution in [2.24, 2.45) is 23.7 Å². The van der Waals surface area contributed by atoms with Crippen molar-refractivity contribution in [1.82, 2.24) is 10.2 Å². The lowest BCUT2D eigenvalue weighted by Gasteiger charge is -2.14. The first-order valence-electron chi connectivity index (χ1n) is 7.41. The Morgan fingerprint density at radius 3 is 2.45 bits per heavy atom. The van der Waals surface area contributed by atoms with Crippen molar-refractivity contribution in [3.05, 3.63) is 16.8 Å². The molecule has 0 amide bonds. The van der Waals surface area contributed by atoms with Gasteiger partial charge in [-0.1, -0.05) is 0 Å². The Morgan fingerprint density at radius 2 is 1.85 bits per heavy atom. The highest BCUT2D eigenvalue weighted by atomic mass is 16.4. The van der Waals surface area contributed by atoms with Crippen molar-refractivity contribution in [1.29, 1.82) is 0 Å². The molecule has 5 nitrogen and oxygen atoms in total. The van der Waals surface area contributed by atoms with E-state index in [1.807, 2.05) is 0 Å². The van der Waals surface area contributed by atoms with Gasteiger partial charge in [0.2, 0.25) is 0 Å². The predicted molar refractivity (Wildman–Crippen MR) is 73.7 cm³/mol. The number of nitrogens with one attached hydrogen (secondary N) is 1. The smallest absolute Gasteiger partial charge is 0.339 e. The number of rotatable bonds is 3. The Hall–Kier alpha value is -1.65. The third-order valence-corrected chi connectivity index (χ3v) is 5.71. The minimum atomic E-state index is -0.920. The SMILES string of the molecule is Cc1nnc(NC2C3C4CCC(C4)C23)c(C(=O)O)c1C. The van der Waals surface area contributed by atoms with Crippen LogP contribution in [0.2, 0.25) is 0 Å². The third-order valence-electron chi connectivity index (χ3n) is 5.71. The summed E-state index contributed by atoms with van der Waals surface area (Å²) in [7, 11) is 0. The van der Waals surface area contributed by atoms with Crippen LogP contribution >= 0.6 is 0 Å². The summed E-state index contributed by atoms with van der Waals surface area (Å²) in [6.45, 7) is 3.60. The van der Waals surface area contributed by atoms with E-state index >= 15 is 0 Å². The second-order valence-corrected chi connectivity index (χ2v) is 6.60. The molecule has 4 rings (SSSR count). The van der Waals surface area contributed by atoms with Gasteiger partial charge in [0, 0.05) is 6.04 Å². The van der Waals surface area contributed by atoms with E-state index in [0.29, 0.717) is 23.1 Å². The summed E-state index contributed by atoms with van der Waals surface area (Å²) in [5.41, 5.74) is 1.68. The van der Waals surface area contributed by atoms with E-state index < -0.39 is 5.97 Å². The summed E-state index contributed by atoms with van der Waals surface area (Å²) < 4.78 is 0. The first kappa shape index (κ1) is 12.1. The second-order valence-electron chi connectivity index (χ2n) is 6.60. The molecule has 3 aliphatic rings. The topological polar surface area (TPSA) is 75.1 Å². The van der Waals surface area contributed by atoms with E-state index in [1.165, 1.54) is 19.3 Å². The molecule has 20 heavy (non-hydrogen) atoms. The van der Waals surface area contributed by atoms with Crippen molar-refractivity contribution < 1.29 is 9.90 Å². The van der Waals surface area contributed by atoms with Crippen LogP contribution < -0.4 is 5.32 Å². The van der Waals surface area contributed by atoms with Crippen LogP contribution in [-0.4, -0.2) is 27.3 Å². The average molecular weight is 273 g/mol. The van der Waals surface area contributed by atoms with Crippen molar-refractivity contribution in [3.8, 4) is 0 Å². The maximum Gasteiger partial charge on any atom is 0.339 e. The maximum absolute atomic E-state index is 11.5. The molecular formula is C15H19N3O2. The highest BCUT2D eigenvalue weighted by Crippen LogP contribution is 2.66. The van der Waals surface area contributed by atoms with Crippen molar-refractivity contribution in [2.75, 3.05) is 5.32 Å². The summed E-state index contributed by atoms with van der Waals surface area (Å²) in [6, 6.07) is 0.427. The third kappa shape index (κ3) is 1.52. The normalized spacial score (nSPS) is 36.8. The summed E-state index contributed by atoms with van der Waals surface area (Å²) in [5.74, 6) is 2.75. The lowest BCUT2D eigenvalue weighted by Crippen LogP contribution is -2.18. The van der Waals surface area contributed by atoms with E-state index in [9.17, 15) is 9.90 Å². The van der Waals surface area contributed by atoms with Gasteiger partial charge < -0.3 is 10.4 Å². The van der Waals surface area contributed by atoms with Crippen LogP contribution in [0.15, 0.2) is 0 Å². The minimum Gasteiger partial charge on any atom is -0.478 e. The fourth-order valence-electron chi connectivity index (χ4n) is 4.65. The largest absolute Gasteiger partial charge is 0.478 e. The molecule has 106 valence electrons. The summed E-state index contributed by atoms with van der Waals surface area (Å²) in [5, 5.41) is 21.0. The summed E-state index contributed by atoms with van der Waals surface area (Å²) in [4.78, 5) is 11.5. The molecule has 4 unspecified atom stereocenters. The quantitative estimate of drug-likeness (QED) is 0.883. The van der Waals surface area contributed by atoms with Crippen LogP contribution in [-0.2, 0) is 0 Å². The molecule has 0 saturated heterocycles. The molecule has 2 bridgehead atoms. The molecule has 1 aromatic heterocycles. The monoisotopic (exact) mass is 273 g/mol. The van der Waals surface area contributed by atoms with Crippen molar-refractivity contribution in [3.63, 3.8) is 0 Å². The molecule has 5 heteroatoms. The standard InChI is InChI=1S/C15H19N3O2/c1-6-7(2)17-18-14(10(6)15(19)20)16-13-11-8-3-4-9(5-8)12(11)13/h8-9,11-13H,3-5H2,1-2H3,(H,16,18)(H,19,20). The van der Waals surface area contributed by atoms with Gasteiger partial charge in [0.15, 0.2) is 5.82 Å². The van der Waals surface area contributed by atoms with Gasteiger partial charge in [-0.2, -0.15) is 5.10 Å². The lowest BCUT2D eigenvalue weighted by molar-refractivity contribution is 0.0696. The Bertz CT molecular complexity index is 585. The average Bonchev–Trinajstić information content (AvgIpc) is 2.81. The maximum atomic E-state index is 11.5. The molecule has 0 radical (unpaired) electrons. The van der Waals surface area contributed by atoms with Crippen molar-refractivity contribution >= 4 is 11.8 Å². The van der Waals surface area contributed by atoms with Gasteiger partial charge in [-0.05, 0) is 62.3 Å². The van der Waals surface area contributed by atoms with Gasteiger partial charge in [-0.3, -0.25) is 0 Å². The summed E-state index contributed by atoms with van der Waals surface area (Å²) >= 11 is 0. The molecule has 0 aromatic carbocycles. The van der Waals surface area contributed by atoms with Crippen LogP contribution in [0.4, 0.5) is 5.82 Å². The number of fused-ring (bicyclic) bond motifs is 5. The van der Waals surface area contributed by atoms with Crippen molar-refractivity contribution in [2.45, 2.75) is 39.2 Å². The Labute approximate surface area is 117 Å². The number of aryl methyl sites for hydroxylation is 1. The Kier molecular flexibility index (Phi) is 2.38. The van der Waals surface area contributed by atoms with Crippen LogP contribution in [0.5, 0.6) is 0 Å². The first-order valence-corrected chi connectivity index (χ1v) is 7.41. The minimum absolute atomic E-state index is 0.287. The zero-order valence-corrected chi connectivity index (χ0v) is 11.8. The van der Waals surface area contributed by atoms with Crippen LogP contribution in [0.1, 0.15) is 40.9 Å². The fraction of sp³-hybridized carbons (Fsp3) is 0.667. The lowest BCUT2D eigenvalue weighted by atomic mass is 10.0. The highest BCUT2D eigenvalue weighted by Gasteiger charge is 2.65. The molecule has 3 fully saturated rings. The van der Waals surface area contributed by atoms with Gasteiger partial charge in [-0.25, -0.2) is 4.79 Å². The van der Waals surface area contributed by atoms with E-state index in [4.69, 9.17) is 0 Å². The van der Waals surface area contributed by atoms with Gasteiger partial charge in [0.05, 0.1) is 5.69 Å². The molecule has 0 aliphatic heterocycles. The molecule has 1 heterocycles. The molecule has 1 aromatic rings. The predicted octanol–water partition coefficient (Wildman–Crippen LogP) is 2.25. The number of nitrogens with zero attached hydrogens (tertiary/aromatic N) is 2. The number of hydrogen-bond acceptors (Lipinski definition) is 4. The number of anilines is 1. The number of hydrogen-bond donors (Lipinski definition) is 2. The summed E-state index contributed by atoms with van der Waals surface area (Å²) in [6.07, 6.45) is 4.10.